The molecule has 126 valence electrons. The Morgan fingerprint density at radius 2 is 2.39 bits per heavy atom. The number of nitrogens with zero attached hydrogens (tertiary/aromatic N) is 2. The number of ether oxygens (including phenoxy) is 1. The monoisotopic (exact) mass is 333 g/mol. The molecule has 3 unspecified atom stereocenters. The van der Waals surface area contributed by atoms with E-state index in [4.69, 9.17) is 4.74 Å². The maximum Gasteiger partial charge on any atom is 0.193 e. The maximum absolute atomic E-state index is 6.02. The number of rotatable bonds is 4. The molecular weight excluding hydrogens is 306 g/mol. The number of guanidine groups is 1. The summed E-state index contributed by atoms with van der Waals surface area (Å²) < 4.78 is 6.02. The van der Waals surface area contributed by atoms with Gasteiger partial charge in [0.2, 0.25) is 0 Å². The molecule has 2 aliphatic carbocycles. The molecule has 0 amide bonds. The van der Waals surface area contributed by atoms with Crippen molar-refractivity contribution in [3.63, 3.8) is 0 Å². The van der Waals surface area contributed by atoms with E-state index in [1.807, 2.05) is 18.4 Å². The fraction of sp³-hybridized carbons (Fsp3) is 0.722. The van der Waals surface area contributed by atoms with Crippen molar-refractivity contribution in [3.05, 3.63) is 22.4 Å². The van der Waals surface area contributed by atoms with Crippen molar-refractivity contribution in [1.29, 1.82) is 0 Å². The van der Waals surface area contributed by atoms with E-state index in [1.54, 1.807) is 0 Å². The summed E-state index contributed by atoms with van der Waals surface area (Å²) in [6.07, 6.45) is 6.81. The molecule has 0 bridgehead atoms. The van der Waals surface area contributed by atoms with Gasteiger partial charge in [-0.1, -0.05) is 12.5 Å². The van der Waals surface area contributed by atoms with E-state index in [0.29, 0.717) is 23.5 Å². The first-order chi connectivity index (χ1) is 11.2. The molecule has 4 nitrogen and oxygen atoms in total. The zero-order chi connectivity index (χ0) is 15.9. The van der Waals surface area contributed by atoms with Crippen LogP contribution in [0.4, 0.5) is 0 Å². The summed E-state index contributed by atoms with van der Waals surface area (Å²) in [6.45, 7) is 1.95. The number of aliphatic imine (C=N–C) groups is 1. The van der Waals surface area contributed by atoms with Crippen LogP contribution >= 0.6 is 11.3 Å². The molecule has 0 radical (unpaired) electrons. The van der Waals surface area contributed by atoms with Gasteiger partial charge in [-0.2, -0.15) is 0 Å². The Morgan fingerprint density at radius 3 is 3.04 bits per heavy atom. The van der Waals surface area contributed by atoms with Gasteiger partial charge in [0.05, 0.1) is 6.10 Å². The Labute approximate surface area is 142 Å². The first-order valence-electron chi connectivity index (χ1n) is 8.83. The van der Waals surface area contributed by atoms with Crippen LogP contribution in [-0.4, -0.2) is 50.3 Å². The fourth-order valence-electron chi connectivity index (χ4n) is 4.78. The summed E-state index contributed by atoms with van der Waals surface area (Å²) >= 11 is 1.84. The van der Waals surface area contributed by atoms with Gasteiger partial charge < -0.3 is 15.0 Å². The van der Waals surface area contributed by atoms with Crippen LogP contribution in [0.5, 0.6) is 0 Å². The standard InChI is InChI=1S/C18H27N3OS/c1-19-17(21(2)10-6-13-5-3-12-23-13)20-15-14-7-11-22-16(14)18(15)8-4-9-18/h3,5,12,14-16H,4,6-11H2,1-2H3,(H,19,20). The molecule has 2 heterocycles. The fourth-order valence-corrected chi connectivity index (χ4v) is 5.48. The average Bonchev–Trinajstić information content (AvgIpc) is 3.15. The molecule has 3 aliphatic rings. The largest absolute Gasteiger partial charge is 0.377 e. The van der Waals surface area contributed by atoms with E-state index in [1.165, 1.54) is 30.6 Å². The van der Waals surface area contributed by atoms with Gasteiger partial charge in [0.1, 0.15) is 0 Å². The zero-order valence-corrected chi connectivity index (χ0v) is 14.9. The van der Waals surface area contributed by atoms with Crippen LogP contribution in [0.3, 0.4) is 0 Å². The van der Waals surface area contributed by atoms with Crippen molar-refractivity contribution in [2.45, 2.75) is 44.2 Å². The van der Waals surface area contributed by atoms with Crippen LogP contribution in [0.25, 0.3) is 0 Å². The molecule has 1 aliphatic heterocycles. The van der Waals surface area contributed by atoms with Crippen molar-refractivity contribution in [2.75, 3.05) is 27.2 Å². The Morgan fingerprint density at radius 1 is 1.52 bits per heavy atom. The van der Waals surface area contributed by atoms with Gasteiger partial charge in [-0.05, 0) is 37.1 Å². The van der Waals surface area contributed by atoms with E-state index in [0.717, 1.165) is 25.5 Å². The van der Waals surface area contributed by atoms with E-state index in [2.05, 4.69) is 39.8 Å². The smallest absolute Gasteiger partial charge is 0.193 e. The second-order valence-electron chi connectivity index (χ2n) is 7.25. The number of likely N-dealkylation sites (N-methyl/N-ethyl adjacent to an activating group) is 1. The van der Waals surface area contributed by atoms with Crippen molar-refractivity contribution >= 4 is 17.3 Å². The second kappa shape index (κ2) is 6.10. The van der Waals surface area contributed by atoms with E-state index >= 15 is 0 Å². The Bertz CT molecular complexity index is 567. The van der Waals surface area contributed by atoms with Gasteiger partial charge >= 0.3 is 0 Å². The van der Waals surface area contributed by atoms with E-state index in [-0.39, 0.29) is 0 Å². The van der Waals surface area contributed by atoms with Crippen molar-refractivity contribution in [2.24, 2.45) is 16.3 Å². The lowest BCUT2D eigenvalue weighted by Crippen LogP contribution is -2.72. The highest BCUT2D eigenvalue weighted by Crippen LogP contribution is 2.62. The van der Waals surface area contributed by atoms with Crippen LogP contribution in [0, 0.1) is 11.3 Å². The topological polar surface area (TPSA) is 36.9 Å². The van der Waals surface area contributed by atoms with Crippen LogP contribution in [0.15, 0.2) is 22.5 Å². The molecule has 1 spiro atoms. The van der Waals surface area contributed by atoms with Gasteiger partial charge in [-0.15, -0.1) is 11.3 Å². The summed E-state index contributed by atoms with van der Waals surface area (Å²) in [6, 6.07) is 4.90. The molecule has 4 rings (SSSR count). The summed E-state index contributed by atoms with van der Waals surface area (Å²) in [5.41, 5.74) is 0.408. The molecule has 1 aromatic rings. The first-order valence-corrected chi connectivity index (χ1v) is 9.71. The molecular formula is C18H27N3OS. The van der Waals surface area contributed by atoms with Crippen molar-refractivity contribution in [3.8, 4) is 0 Å². The van der Waals surface area contributed by atoms with E-state index in [9.17, 15) is 0 Å². The van der Waals surface area contributed by atoms with Crippen LogP contribution in [-0.2, 0) is 11.2 Å². The third-order valence-corrected chi connectivity index (χ3v) is 7.10. The third kappa shape index (κ3) is 2.49. The SMILES string of the molecule is CN=C(NC1C2CCOC2C12CCC2)N(C)CCc1cccs1. The predicted molar refractivity (Wildman–Crippen MR) is 95.1 cm³/mol. The number of hydrogen-bond acceptors (Lipinski definition) is 3. The number of thiophene rings is 1. The maximum atomic E-state index is 6.02. The lowest BCUT2D eigenvalue weighted by molar-refractivity contribution is -0.171. The van der Waals surface area contributed by atoms with Gasteiger partial charge in [-0.25, -0.2) is 0 Å². The minimum absolute atomic E-state index is 0.408. The van der Waals surface area contributed by atoms with Crippen LogP contribution < -0.4 is 5.32 Å². The highest BCUT2D eigenvalue weighted by molar-refractivity contribution is 7.09. The molecule has 23 heavy (non-hydrogen) atoms. The van der Waals surface area contributed by atoms with Gasteiger partial charge in [0, 0.05) is 49.5 Å². The summed E-state index contributed by atoms with van der Waals surface area (Å²) in [7, 11) is 4.05. The molecule has 1 saturated heterocycles. The normalized spacial score (nSPS) is 31.4. The first kappa shape index (κ1) is 15.5. The quantitative estimate of drug-likeness (QED) is 0.680. The molecule has 0 aromatic carbocycles. The van der Waals surface area contributed by atoms with Crippen molar-refractivity contribution < 1.29 is 4.74 Å². The van der Waals surface area contributed by atoms with Gasteiger partial charge in [0.25, 0.3) is 0 Å². The Hall–Kier alpha value is -1.07. The van der Waals surface area contributed by atoms with E-state index < -0.39 is 0 Å². The molecule has 3 fully saturated rings. The molecule has 5 heteroatoms. The molecule has 1 aromatic heterocycles. The summed E-state index contributed by atoms with van der Waals surface area (Å²) in [5, 5.41) is 5.95. The third-order valence-electron chi connectivity index (χ3n) is 6.17. The van der Waals surface area contributed by atoms with Gasteiger partial charge in [0.15, 0.2) is 5.96 Å². The molecule has 2 saturated carbocycles. The lowest BCUT2D eigenvalue weighted by atomic mass is 9.46. The number of fused-ring (bicyclic) bond motifs is 2. The molecule has 3 atom stereocenters. The highest BCUT2D eigenvalue weighted by Gasteiger charge is 2.66. The zero-order valence-electron chi connectivity index (χ0n) is 14.1. The minimum atomic E-state index is 0.408. The number of nitrogens with one attached hydrogen (secondary N) is 1. The van der Waals surface area contributed by atoms with Crippen molar-refractivity contribution in [1.82, 2.24) is 10.2 Å². The van der Waals surface area contributed by atoms with Gasteiger partial charge in [-0.3, -0.25) is 4.99 Å². The Balaban J connectivity index is 1.38. The highest BCUT2D eigenvalue weighted by atomic mass is 32.1. The van der Waals surface area contributed by atoms with Crippen LogP contribution in [0.2, 0.25) is 0 Å². The number of hydrogen-bond donors (Lipinski definition) is 1. The second-order valence-corrected chi connectivity index (χ2v) is 8.28. The lowest BCUT2D eigenvalue weighted by Gasteiger charge is -2.63. The summed E-state index contributed by atoms with van der Waals surface area (Å²) in [5.74, 6) is 1.74. The average molecular weight is 334 g/mol. The molecule has 1 N–H and O–H groups in total. The minimum Gasteiger partial charge on any atom is -0.377 e. The Kier molecular flexibility index (Phi) is 4.10. The summed E-state index contributed by atoms with van der Waals surface area (Å²) in [4.78, 5) is 8.26. The van der Waals surface area contributed by atoms with Crippen LogP contribution in [0.1, 0.15) is 30.6 Å². The predicted octanol–water partition coefficient (Wildman–Crippen LogP) is 2.76.